The van der Waals surface area contributed by atoms with Crippen LogP contribution < -0.4 is 30.4 Å². The van der Waals surface area contributed by atoms with E-state index >= 15 is 0 Å². The van der Waals surface area contributed by atoms with Gasteiger partial charge in [-0.1, -0.05) is 0 Å². The standard InChI is InChI=1S/2C7H5NO.2ClH.Zr/c2*8-5-6-3-1-2-4-7(6)9;;;/h2*1-4,9H;2*1H;/q;;;;+4/p-4. The van der Waals surface area contributed by atoms with E-state index in [0.29, 0.717) is 22.6 Å². The van der Waals surface area contributed by atoms with E-state index in [1.165, 1.54) is 0 Å². The topological polar surface area (TPSA) is 66.0 Å². The van der Waals surface area contributed by atoms with Crippen molar-refractivity contribution < 1.29 is 54.6 Å². The minimum Gasteiger partial charge on any atom is -1.00 e. The second-order valence-corrected chi connectivity index (χ2v) is 4.92. The molecule has 0 aliphatic rings. The quantitative estimate of drug-likeness (QED) is 0.545. The maximum Gasteiger partial charge on any atom is -1.00 e. The molecule has 21 heavy (non-hydrogen) atoms. The summed E-state index contributed by atoms with van der Waals surface area (Å²) in [7, 11) is 0. The fraction of sp³-hybridized carbons (Fsp3) is 0. The van der Waals surface area contributed by atoms with Crippen molar-refractivity contribution in [3.63, 3.8) is 0 Å². The van der Waals surface area contributed by atoms with Crippen molar-refractivity contribution >= 4 is 0 Å². The third kappa shape index (κ3) is 5.40. The molecule has 0 bridgehead atoms. The second-order valence-electron chi connectivity index (χ2n) is 3.50. The molecule has 0 radical (unpaired) electrons. The minimum atomic E-state index is -1.64. The Hall–Kier alpha value is -1.52. The number of hydrogen-bond donors (Lipinski definition) is 0. The number of hydrogen-bond acceptors (Lipinski definition) is 4. The van der Waals surface area contributed by atoms with Gasteiger partial charge in [0, 0.05) is 0 Å². The molecule has 0 amide bonds. The SMILES string of the molecule is N#Cc1ccccc1[O][Zr+2][O]c1ccccc1C#N.[Cl-].[Cl-]. The van der Waals surface area contributed by atoms with Crippen LogP contribution in [-0.2, 0) is 24.1 Å². The first-order chi connectivity index (χ1) is 9.35. The number of nitriles is 2. The van der Waals surface area contributed by atoms with Crippen LogP contribution in [0.5, 0.6) is 11.5 Å². The first-order valence-corrected chi connectivity index (χ1v) is 7.43. The molecule has 2 aromatic carbocycles. The Morgan fingerprint density at radius 1 is 0.714 bits per heavy atom. The third-order valence-electron chi connectivity index (χ3n) is 2.32. The molecule has 0 saturated heterocycles. The molecule has 0 saturated carbocycles. The van der Waals surface area contributed by atoms with E-state index in [1.807, 2.05) is 0 Å². The van der Waals surface area contributed by atoms with Gasteiger partial charge in [0.05, 0.1) is 0 Å². The van der Waals surface area contributed by atoms with E-state index in [0.717, 1.165) is 0 Å². The summed E-state index contributed by atoms with van der Waals surface area (Å²) in [5, 5.41) is 17.8. The summed E-state index contributed by atoms with van der Waals surface area (Å²) in [6.07, 6.45) is 0. The Morgan fingerprint density at radius 3 is 1.48 bits per heavy atom. The molecule has 0 fully saturated rings. The van der Waals surface area contributed by atoms with Crippen LogP contribution in [0.1, 0.15) is 11.1 Å². The normalized spacial score (nSPS) is 7.90. The molecule has 0 aliphatic heterocycles. The molecule has 0 N–H and O–H groups in total. The Balaban J connectivity index is 0.00000200. The van der Waals surface area contributed by atoms with E-state index in [4.69, 9.17) is 16.2 Å². The summed E-state index contributed by atoms with van der Waals surface area (Å²) >= 11 is -1.64. The van der Waals surface area contributed by atoms with Crippen molar-refractivity contribution in [1.82, 2.24) is 0 Å². The summed E-state index contributed by atoms with van der Waals surface area (Å²) in [5.74, 6) is 1.07. The third-order valence-corrected chi connectivity index (χ3v) is 3.81. The van der Waals surface area contributed by atoms with Gasteiger partial charge in [0.1, 0.15) is 0 Å². The van der Waals surface area contributed by atoms with Gasteiger partial charge < -0.3 is 24.8 Å². The van der Waals surface area contributed by atoms with Crippen LogP contribution in [0, 0.1) is 22.7 Å². The van der Waals surface area contributed by atoms with Crippen LogP contribution in [0.3, 0.4) is 0 Å². The van der Waals surface area contributed by atoms with Crippen LogP contribution in [0.2, 0.25) is 0 Å². The molecule has 0 atom stereocenters. The predicted octanol–water partition coefficient (Wildman–Crippen LogP) is -3.19. The summed E-state index contributed by atoms with van der Waals surface area (Å²) in [5.41, 5.74) is 0.973. The molecule has 0 aliphatic carbocycles. The van der Waals surface area contributed by atoms with E-state index in [9.17, 15) is 0 Å². The van der Waals surface area contributed by atoms with Gasteiger partial charge in [-0.15, -0.1) is 0 Å². The number of benzene rings is 2. The molecule has 0 heterocycles. The fourth-order valence-electron chi connectivity index (χ4n) is 1.41. The maximum atomic E-state index is 8.92. The molecule has 4 nitrogen and oxygen atoms in total. The van der Waals surface area contributed by atoms with Gasteiger partial charge in [-0.2, -0.15) is 0 Å². The van der Waals surface area contributed by atoms with Gasteiger partial charge in [0.15, 0.2) is 0 Å². The first-order valence-electron chi connectivity index (χ1n) is 5.42. The summed E-state index contributed by atoms with van der Waals surface area (Å²) in [6.45, 7) is 0. The molecule has 0 unspecified atom stereocenters. The van der Waals surface area contributed by atoms with Gasteiger partial charge >= 0.3 is 124 Å². The summed E-state index contributed by atoms with van der Waals surface area (Å²) in [6, 6.07) is 18.1. The zero-order valence-corrected chi connectivity index (χ0v) is 14.6. The number of nitrogens with zero attached hydrogens (tertiary/aromatic N) is 2. The Kier molecular flexibility index (Phi) is 9.50. The van der Waals surface area contributed by atoms with Crippen molar-refractivity contribution in [3.05, 3.63) is 59.7 Å². The van der Waals surface area contributed by atoms with Crippen molar-refractivity contribution in [2.75, 3.05) is 0 Å². The zero-order chi connectivity index (χ0) is 13.5. The molecule has 7 heteroatoms. The smallest absolute Gasteiger partial charge is 1.00 e. The Bertz CT molecular complexity index is 611. The minimum absolute atomic E-state index is 0. The Morgan fingerprint density at radius 2 is 1.10 bits per heavy atom. The summed E-state index contributed by atoms with van der Waals surface area (Å²) < 4.78 is 11.1. The van der Waals surface area contributed by atoms with Crippen LogP contribution in [0.15, 0.2) is 48.5 Å². The van der Waals surface area contributed by atoms with Gasteiger partial charge in [-0.3, -0.25) is 0 Å². The fourth-order valence-corrected chi connectivity index (χ4v) is 2.83. The van der Waals surface area contributed by atoms with Crippen LogP contribution >= 0.6 is 0 Å². The van der Waals surface area contributed by atoms with Gasteiger partial charge in [0.25, 0.3) is 0 Å². The van der Waals surface area contributed by atoms with Crippen molar-refractivity contribution in [2.45, 2.75) is 0 Å². The van der Waals surface area contributed by atoms with Crippen molar-refractivity contribution in [3.8, 4) is 23.6 Å². The largest absolute Gasteiger partial charge is 1.00 e. The van der Waals surface area contributed by atoms with Gasteiger partial charge in [-0.05, 0) is 0 Å². The average molecular weight is 398 g/mol. The number of para-hydroxylation sites is 2. The van der Waals surface area contributed by atoms with E-state index in [-0.39, 0.29) is 24.8 Å². The summed E-state index contributed by atoms with van der Waals surface area (Å²) in [4.78, 5) is 0. The second kappa shape index (κ2) is 10.2. The van der Waals surface area contributed by atoms with E-state index < -0.39 is 24.1 Å². The van der Waals surface area contributed by atoms with Gasteiger partial charge in [0.2, 0.25) is 0 Å². The molecular formula is C14H8Cl2N2O2Zr. The van der Waals surface area contributed by atoms with Crippen LogP contribution in [-0.4, -0.2) is 0 Å². The van der Waals surface area contributed by atoms with Crippen molar-refractivity contribution in [1.29, 1.82) is 10.5 Å². The van der Waals surface area contributed by atoms with E-state index in [1.54, 1.807) is 48.5 Å². The maximum absolute atomic E-state index is 8.92. The average Bonchev–Trinajstić information content (AvgIpc) is 2.48. The van der Waals surface area contributed by atoms with Crippen LogP contribution in [0.25, 0.3) is 0 Å². The predicted molar refractivity (Wildman–Crippen MR) is 63.6 cm³/mol. The molecule has 104 valence electrons. The Labute approximate surface area is 147 Å². The zero-order valence-electron chi connectivity index (χ0n) is 10.6. The molecule has 0 aromatic heterocycles. The van der Waals surface area contributed by atoms with Crippen molar-refractivity contribution in [2.24, 2.45) is 0 Å². The van der Waals surface area contributed by atoms with Crippen LogP contribution in [0.4, 0.5) is 0 Å². The number of halogens is 2. The van der Waals surface area contributed by atoms with Gasteiger partial charge in [-0.25, -0.2) is 0 Å². The molecule has 2 aromatic rings. The first kappa shape index (κ1) is 19.5. The van der Waals surface area contributed by atoms with E-state index in [2.05, 4.69) is 12.1 Å². The monoisotopic (exact) mass is 396 g/mol. The molecule has 2 rings (SSSR count). The molecular weight excluding hydrogens is 390 g/mol. The number of rotatable bonds is 4. The molecule has 0 spiro atoms.